The number of hydrogen-bond donors (Lipinski definition) is 2. The number of anilines is 2. The Balaban J connectivity index is 1.54. The SMILES string of the molecule is O=C(O)c1ccc(-c2ccc(Nc3nc4ccc(F)cc4s3)cc2)cc1. The molecule has 2 N–H and O–H groups in total. The lowest BCUT2D eigenvalue weighted by Crippen LogP contribution is -1.95. The third kappa shape index (κ3) is 3.27. The van der Waals surface area contributed by atoms with E-state index in [9.17, 15) is 9.18 Å². The maximum Gasteiger partial charge on any atom is 0.335 e. The van der Waals surface area contributed by atoms with Crippen LogP contribution in [0.4, 0.5) is 15.2 Å². The molecular weight excluding hydrogens is 351 g/mol. The Kier molecular flexibility index (Phi) is 4.10. The molecule has 0 radical (unpaired) electrons. The van der Waals surface area contributed by atoms with Crippen LogP contribution in [-0.4, -0.2) is 16.1 Å². The van der Waals surface area contributed by atoms with E-state index in [2.05, 4.69) is 10.3 Å². The molecule has 0 saturated carbocycles. The number of hydrogen-bond acceptors (Lipinski definition) is 4. The van der Waals surface area contributed by atoms with Crippen LogP contribution in [-0.2, 0) is 0 Å². The minimum atomic E-state index is -0.938. The average Bonchev–Trinajstić information content (AvgIpc) is 3.03. The third-order valence-corrected chi connectivity index (χ3v) is 4.89. The van der Waals surface area contributed by atoms with E-state index in [0.717, 1.165) is 27.0 Å². The van der Waals surface area contributed by atoms with Gasteiger partial charge >= 0.3 is 5.97 Å². The average molecular weight is 364 g/mol. The molecule has 0 saturated heterocycles. The van der Waals surface area contributed by atoms with Gasteiger partial charge in [0.15, 0.2) is 5.13 Å². The summed E-state index contributed by atoms with van der Waals surface area (Å²) < 4.78 is 14.1. The standard InChI is InChI=1S/C20H13FN2O2S/c21-15-7-10-17-18(11-15)26-20(23-17)22-16-8-5-13(6-9-16)12-1-3-14(4-2-12)19(24)25/h1-11H,(H,22,23)(H,24,25). The minimum absolute atomic E-state index is 0.263. The van der Waals surface area contributed by atoms with Crippen LogP contribution in [0.2, 0.25) is 0 Å². The van der Waals surface area contributed by atoms with Crippen molar-refractivity contribution >= 4 is 38.3 Å². The summed E-state index contributed by atoms with van der Waals surface area (Å²) in [6.45, 7) is 0. The number of halogens is 1. The second-order valence-electron chi connectivity index (χ2n) is 5.72. The van der Waals surface area contributed by atoms with Crippen LogP contribution in [0.25, 0.3) is 21.3 Å². The van der Waals surface area contributed by atoms with E-state index in [1.165, 1.54) is 23.5 Å². The Labute approximate surface area is 152 Å². The van der Waals surface area contributed by atoms with Crippen LogP contribution in [0.3, 0.4) is 0 Å². The molecule has 4 rings (SSSR count). The summed E-state index contributed by atoms with van der Waals surface area (Å²) in [7, 11) is 0. The van der Waals surface area contributed by atoms with E-state index >= 15 is 0 Å². The molecule has 0 aliphatic carbocycles. The Morgan fingerprint density at radius 3 is 2.27 bits per heavy atom. The van der Waals surface area contributed by atoms with Gasteiger partial charge in [-0.1, -0.05) is 35.6 Å². The number of aromatic carboxylic acids is 1. The second-order valence-corrected chi connectivity index (χ2v) is 6.75. The fourth-order valence-electron chi connectivity index (χ4n) is 2.63. The predicted molar refractivity (Wildman–Crippen MR) is 102 cm³/mol. The highest BCUT2D eigenvalue weighted by Crippen LogP contribution is 2.29. The van der Waals surface area contributed by atoms with E-state index in [-0.39, 0.29) is 11.4 Å². The summed E-state index contributed by atoms with van der Waals surface area (Å²) in [4.78, 5) is 15.4. The van der Waals surface area contributed by atoms with Gasteiger partial charge in [0, 0.05) is 5.69 Å². The molecule has 1 aromatic heterocycles. The molecule has 0 spiro atoms. The molecule has 0 aliphatic rings. The topological polar surface area (TPSA) is 62.2 Å². The smallest absolute Gasteiger partial charge is 0.335 e. The molecule has 1 heterocycles. The molecule has 0 aliphatic heterocycles. The number of aromatic nitrogens is 1. The van der Waals surface area contributed by atoms with E-state index < -0.39 is 5.97 Å². The number of carboxylic acids is 1. The van der Waals surface area contributed by atoms with Gasteiger partial charge in [-0.15, -0.1) is 0 Å². The van der Waals surface area contributed by atoms with Crippen molar-refractivity contribution in [3.05, 3.63) is 78.1 Å². The molecule has 4 aromatic rings. The maximum atomic E-state index is 13.3. The zero-order valence-electron chi connectivity index (χ0n) is 13.4. The Morgan fingerprint density at radius 2 is 1.62 bits per heavy atom. The molecule has 0 atom stereocenters. The molecule has 26 heavy (non-hydrogen) atoms. The van der Waals surface area contributed by atoms with Crippen molar-refractivity contribution in [2.24, 2.45) is 0 Å². The highest BCUT2D eigenvalue weighted by atomic mass is 32.1. The van der Waals surface area contributed by atoms with Crippen LogP contribution in [0, 0.1) is 5.82 Å². The Morgan fingerprint density at radius 1 is 0.962 bits per heavy atom. The van der Waals surface area contributed by atoms with Crippen LogP contribution in [0.5, 0.6) is 0 Å². The van der Waals surface area contributed by atoms with Gasteiger partial charge in [-0.05, 0) is 53.6 Å². The number of nitrogens with one attached hydrogen (secondary N) is 1. The molecule has 0 amide bonds. The number of rotatable bonds is 4. The number of nitrogens with zero attached hydrogens (tertiary/aromatic N) is 1. The maximum absolute atomic E-state index is 13.3. The lowest BCUT2D eigenvalue weighted by molar-refractivity contribution is 0.0697. The monoisotopic (exact) mass is 364 g/mol. The van der Waals surface area contributed by atoms with E-state index in [4.69, 9.17) is 5.11 Å². The van der Waals surface area contributed by atoms with Gasteiger partial charge in [0.1, 0.15) is 5.82 Å². The predicted octanol–water partition coefficient (Wildman–Crippen LogP) is 5.54. The van der Waals surface area contributed by atoms with Gasteiger partial charge in [-0.3, -0.25) is 0 Å². The van der Waals surface area contributed by atoms with Crippen LogP contribution < -0.4 is 5.32 Å². The summed E-state index contributed by atoms with van der Waals surface area (Å²) in [6, 6.07) is 19.0. The fraction of sp³-hybridized carbons (Fsp3) is 0. The highest BCUT2D eigenvalue weighted by molar-refractivity contribution is 7.22. The molecule has 4 nitrogen and oxygen atoms in total. The summed E-state index contributed by atoms with van der Waals surface area (Å²) >= 11 is 1.39. The quantitative estimate of drug-likeness (QED) is 0.499. The number of benzene rings is 3. The molecule has 128 valence electrons. The van der Waals surface area contributed by atoms with Gasteiger partial charge in [0.25, 0.3) is 0 Å². The van der Waals surface area contributed by atoms with Crippen molar-refractivity contribution in [1.82, 2.24) is 4.98 Å². The Bertz CT molecular complexity index is 1090. The number of carbonyl (C=O) groups is 1. The molecular formula is C20H13FN2O2S. The number of thiazole rings is 1. The minimum Gasteiger partial charge on any atom is -0.478 e. The number of fused-ring (bicyclic) bond motifs is 1. The first-order valence-electron chi connectivity index (χ1n) is 7.85. The zero-order chi connectivity index (χ0) is 18.1. The summed E-state index contributed by atoms with van der Waals surface area (Å²) in [5, 5.41) is 12.9. The molecule has 3 aromatic carbocycles. The van der Waals surface area contributed by atoms with Crippen molar-refractivity contribution in [3.8, 4) is 11.1 Å². The van der Waals surface area contributed by atoms with Gasteiger partial charge in [0.05, 0.1) is 15.8 Å². The van der Waals surface area contributed by atoms with Gasteiger partial charge in [-0.25, -0.2) is 14.2 Å². The largest absolute Gasteiger partial charge is 0.478 e. The van der Waals surface area contributed by atoms with Crippen LogP contribution >= 0.6 is 11.3 Å². The lowest BCUT2D eigenvalue weighted by Gasteiger charge is -2.06. The van der Waals surface area contributed by atoms with Crippen molar-refractivity contribution < 1.29 is 14.3 Å². The van der Waals surface area contributed by atoms with Crippen molar-refractivity contribution in [3.63, 3.8) is 0 Å². The van der Waals surface area contributed by atoms with E-state index in [1.54, 1.807) is 30.3 Å². The van der Waals surface area contributed by atoms with Gasteiger partial charge < -0.3 is 10.4 Å². The fourth-order valence-corrected chi connectivity index (χ4v) is 3.54. The Hall–Kier alpha value is -3.25. The van der Waals surface area contributed by atoms with Crippen LogP contribution in [0.15, 0.2) is 66.7 Å². The van der Waals surface area contributed by atoms with Gasteiger partial charge in [-0.2, -0.15) is 0 Å². The van der Waals surface area contributed by atoms with Crippen molar-refractivity contribution in [2.45, 2.75) is 0 Å². The lowest BCUT2D eigenvalue weighted by atomic mass is 10.0. The summed E-state index contributed by atoms with van der Waals surface area (Å²) in [5.74, 6) is -1.21. The normalized spacial score (nSPS) is 10.8. The zero-order valence-corrected chi connectivity index (χ0v) is 14.3. The molecule has 0 fully saturated rings. The molecule has 0 bridgehead atoms. The van der Waals surface area contributed by atoms with E-state index in [1.807, 2.05) is 24.3 Å². The first-order chi connectivity index (χ1) is 12.6. The number of carboxylic acid groups (broad SMARTS) is 1. The van der Waals surface area contributed by atoms with Crippen LogP contribution in [0.1, 0.15) is 10.4 Å². The summed E-state index contributed by atoms with van der Waals surface area (Å²) in [6.07, 6.45) is 0. The molecule has 0 unspecified atom stereocenters. The van der Waals surface area contributed by atoms with Crippen molar-refractivity contribution in [2.75, 3.05) is 5.32 Å². The van der Waals surface area contributed by atoms with Crippen molar-refractivity contribution in [1.29, 1.82) is 0 Å². The highest BCUT2D eigenvalue weighted by Gasteiger charge is 2.06. The van der Waals surface area contributed by atoms with E-state index in [0.29, 0.717) is 5.13 Å². The third-order valence-electron chi connectivity index (χ3n) is 3.95. The first kappa shape index (κ1) is 16.2. The summed E-state index contributed by atoms with van der Waals surface area (Å²) in [5.41, 5.74) is 3.82. The molecule has 6 heteroatoms. The van der Waals surface area contributed by atoms with Gasteiger partial charge in [0.2, 0.25) is 0 Å². The first-order valence-corrected chi connectivity index (χ1v) is 8.67. The second kappa shape index (κ2) is 6.57.